The molecule has 2 saturated carbocycles. The molecule has 6 rings (SSSR count). The zero-order valence-electron chi connectivity index (χ0n) is 42.3. The molecule has 0 unspecified atom stereocenters. The highest BCUT2D eigenvalue weighted by atomic mass is 16.5. The van der Waals surface area contributed by atoms with Gasteiger partial charge in [-0.25, -0.2) is 14.4 Å². The van der Waals surface area contributed by atoms with E-state index in [1.807, 2.05) is 125 Å². The summed E-state index contributed by atoms with van der Waals surface area (Å²) in [7, 11) is 1.65. The lowest BCUT2D eigenvalue weighted by Crippen LogP contribution is -2.56. The van der Waals surface area contributed by atoms with E-state index in [9.17, 15) is 14.4 Å². The summed E-state index contributed by atoms with van der Waals surface area (Å²) < 4.78 is 5.38. The molecule has 10 nitrogen and oxygen atoms in total. The van der Waals surface area contributed by atoms with Crippen molar-refractivity contribution < 1.29 is 19.1 Å². The van der Waals surface area contributed by atoms with Crippen LogP contribution in [0.15, 0.2) is 115 Å². The van der Waals surface area contributed by atoms with Crippen LogP contribution in [0.5, 0.6) is 5.75 Å². The number of nitrogens with one attached hydrogen (secondary N) is 4. The number of rotatable bonds is 18. The van der Waals surface area contributed by atoms with Gasteiger partial charge in [-0.15, -0.1) is 0 Å². The Labute approximate surface area is 416 Å². The van der Waals surface area contributed by atoms with E-state index in [1.165, 1.54) is 96.3 Å². The van der Waals surface area contributed by atoms with Gasteiger partial charge in [0, 0.05) is 36.7 Å². The third kappa shape index (κ3) is 21.8. The quantitative estimate of drug-likeness (QED) is 0.0795. The van der Waals surface area contributed by atoms with Crippen molar-refractivity contribution in [3.63, 3.8) is 0 Å². The molecule has 0 aromatic heterocycles. The maximum Gasteiger partial charge on any atom is 0.322 e. The first-order valence-electron chi connectivity index (χ1n) is 26.9. The number of methoxy groups -OCH3 is 1. The van der Waals surface area contributed by atoms with Crippen molar-refractivity contribution >= 4 is 35.2 Å². The molecule has 376 valence electrons. The number of unbranched alkanes of at least 4 members (excludes halogenated alkanes) is 1. The Bertz CT molecular complexity index is 1910. The second kappa shape index (κ2) is 33.1. The van der Waals surface area contributed by atoms with Crippen LogP contribution in [0.2, 0.25) is 0 Å². The Morgan fingerprint density at radius 1 is 0.551 bits per heavy atom. The monoisotopic (exact) mass is 943 g/mol. The number of nitrogens with zero attached hydrogens (tertiary/aromatic N) is 2. The zero-order valence-corrected chi connectivity index (χ0v) is 42.3. The Hall–Kier alpha value is -5.51. The van der Waals surface area contributed by atoms with Gasteiger partial charge in [-0.2, -0.15) is 0 Å². The van der Waals surface area contributed by atoms with Gasteiger partial charge in [0.2, 0.25) is 0 Å². The summed E-state index contributed by atoms with van der Waals surface area (Å²) in [5.74, 6) is 1.20. The normalized spacial score (nSPS) is 15.9. The highest BCUT2D eigenvalue weighted by Gasteiger charge is 2.33. The van der Waals surface area contributed by atoms with Crippen LogP contribution >= 0.6 is 0 Å². The van der Waals surface area contributed by atoms with Crippen molar-refractivity contribution in [1.29, 1.82) is 0 Å². The number of carbonyl (C=O) groups is 3. The van der Waals surface area contributed by atoms with Crippen molar-refractivity contribution in [2.75, 3.05) is 42.7 Å². The van der Waals surface area contributed by atoms with Crippen LogP contribution in [0, 0.1) is 5.92 Å². The Morgan fingerprint density at radius 2 is 0.986 bits per heavy atom. The first kappa shape index (κ1) is 54.4. The SMILES string of the molecule is C1CCCCCCCCCCCCC1.CCCC[C@@H](CN(C(=O)Nc1ccccc1)[C@@H](CNC(=O)Nc1ccccc1)CC1CCCCC1)N(CCc1ccc(OC)cc1)C(=O)Nc1ccccc1. The molecular formula is C59H86N6O4. The van der Waals surface area contributed by atoms with Crippen molar-refractivity contribution in [2.45, 2.75) is 173 Å². The van der Waals surface area contributed by atoms with E-state index >= 15 is 0 Å². The number of urea groups is 3. The van der Waals surface area contributed by atoms with Gasteiger partial charge in [0.05, 0.1) is 19.2 Å². The lowest BCUT2D eigenvalue weighted by atomic mass is 9.84. The van der Waals surface area contributed by atoms with Crippen molar-refractivity contribution in [3.05, 3.63) is 121 Å². The van der Waals surface area contributed by atoms with Gasteiger partial charge in [-0.05, 0) is 79.3 Å². The third-order valence-electron chi connectivity index (χ3n) is 13.9. The molecule has 0 bridgehead atoms. The van der Waals surface area contributed by atoms with E-state index in [2.05, 4.69) is 28.2 Å². The summed E-state index contributed by atoms with van der Waals surface area (Å²) >= 11 is 0. The van der Waals surface area contributed by atoms with Crippen LogP contribution in [0.25, 0.3) is 0 Å². The van der Waals surface area contributed by atoms with Crippen molar-refractivity contribution in [1.82, 2.24) is 15.1 Å². The van der Waals surface area contributed by atoms with Crippen molar-refractivity contribution in [2.24, 2.45) is 5.92 Å². The number of ether oxygens (including phenoxy) is 1. The van der Waals surface area contributed by atoms with Gasteiger partial charge >= 0.3 is 18.1 Å². The molecule has 6 amide bonds. The van der Waals surface area contributed by atoms with E-state index in [4.69, 9.17) is 4.74 Å². The number of hydrogen-bond acceptors (Lipinski definition) is 4. The van der Waals surface area contributed by atoms with E-state index in [0.29, 0.717) is 48.9 Å². The highest BCUT2D eigenvalue weighted by Crippen LogP contribution is 2.30. The van der Waals surface area contributed by atoms with E-state index in [-0.39, 0.29) is 36.7 Å². The summed E-state index contributed by atoms with van der Waals surface area (Å²) in [5.41, 5.74) is 3.17. The summed E-state index contributed by atoms with van der Waals surface area (Å²) in [6, 6.07) is 34.8. The minimum absolute atomic E-state index is 0.214. The standard InChI is InChI=1S/C45H58N6O4.C14H28/c1-3-4-25-40(50(44(53)48-38-21-13-7-14-22-38)31-30-35-26-28-42(55-2)29-27-35)34-51(45(54)49-39-23-15-8-16-24-39)41(32-36-17-9-5-10-18-36)33-46-43(52)47-37-19-11-6-12-20-37;1-2-4-6-8-10-12-14-13-11-9-7-5-3-1/h6-8,11-16,19-24,26-29,36,40-41H,3-5,9-10,17-18,25,30-34H2,1-2H3,(H,48,53)(H,49,54)(H2,46,47,52);1-14H2/t40-,41+;/m0./s1. The van der Waals surface area contributed by atoms with Gasteiger partial charge in [-0.1, -0.05) is 208 Å². The summed E-state index contributed by atoms with van der Waals surface area (Å²) in [6.45, 7) is 3.14. The second-order valence-corrected chi connectivity index (χ2v) is 19.4. The minimum atomic E-state index is -0.325. The third-order valence-corrected chi connectivity index (χ3v) is 13.9. The number of amides is 6. The predicted molar refractivity (Wildman–Crippen MR) is 287 cm³/mol. The van der Waals surface area contributed by atoms with Crippen LogP contribution in [0.4, 0.5) is 31.4 Å². The lowest BCUT2D eigenvalue weighted by molar-refractivity contribution is 0.123. The largest absolute Gasteiger partial charge is 0.497 e. The second-order valence-electron chi connectivity index (χ2n) is 19.4. The van der Waals surface area contributed by atoms with Crippen LogP contribution in [-0.2, 0) is 6.42 Å². The fraction of sp³-hybridized carbons (Fsp3) is 0.542. The molecule has 0 heterocycles. The molecule has 2 aliphatic carbocycles. The lowest BCUT2D eigenvalue weighted by Gasteiger charge is -2.40. The Balaban J connectivity index is 0.000000544. The van der Waals surface area contributed by atoms with Gasteiger partial charge in [0.1, 0.15) is 5.75 Å². The predicted octanol–water partition coefficient (Wildman–Crippen LogP) is 15.5. The molecule has 69 heavy (non-hydrogen) atoms. The fourth-order valence-electron chi connectivity index (χ4n) is 9.85. The van der Waals surface area contributed by atoms with E-state index < -0.39 is 0 Å². The van der Waals surface area contributed by atoms with Crippen LogP contribution in [0.1, 0.15) is 160 Å². The maximum absolute atomic E-state index is 14.6. The highest BCUT2D eigenvalue weighted by molar-refractivity contribution is 5.91. The molecule has 4 aromatic carbocycles. The first-order valence-corrected chi connectivity index (χ1v) is 26.9. The van der Waals surface area contributed by atoms with Crippen molar-refractivity contribution in [3.8, 4) is 5.75 Å². The smallest absolute Gasteiger partial charge is 0.322 e. The maximum atomic E-state index is 14.6. The number of anilines is 3. The number of hydrogen-bond donors (Lipinski definition) is 4. The van der Waals surface area contributed by atoms with Gasteiger partial charge in [-0.3, -0.25) is 0 Å². The molecule has 2 fully saturated rings. The Kier molecular flexibility index (Phi) is 26.1. The molecule has 0 saturated heterocycles. The fourth-order valence-corrected chi connectivity index (χ4v) is 9.85. The summed E-state index contributed by atoms with van der Waals surface area (Å²) in [5, 5.41) is 12.3. The van der Waals surface area contributed by atoms with Gasteiger partial charge in [0.15, 0.2) is 0 Å². The number of benzene rings is 4. The van der Waals surface area contributed by atoms with Gasteiger partial charge in [0.25, 0.3) is 0 Å². The number of carbonyl (C=O) groups excluding carboxylic acids is 3. The molecule has 4 aromatic rings. The first-order chi connectivity index (χ1) is 33.9. The Morgan fingerprint density at radius 3 is 1.43 bits per heavy atom. The number of para-hydroxylation sites is 3. The molecule has 10 heteroatoms. The van der Waals surface area contributed by atoms with Crippen LogP contribution < -0.4 is 26.0 Å². The molecule has 2 aliphatic rings. The average Bonchev–Trinajstić information content (AvgIpc) is 3.38. The molecule has 0 radical (unpaired) electrons. The summed E-state index contributed by atoms with van der Waals surface area (Å²) in [6.07, 6.45) is 30.6. The van der Waals surface area contributed by atoms with Crippen LogP contribution in [0.3, 0.4) is 0 Å². The van der Waals surface area contributed by atoms with Crippen LogP contribution in [-0.4, -0.2) is 66.7 Å². The molecule has 0 spiro atoms. The molecule has 0 aliphatic heterocycles. The van der Waals surface area contributed by atoms with E-state index in [1.54, 1.807) is 7.11 Å². The molecule has 2 atom stereocenters. The summed E-state index contributed by atoms with van der Waals surface area (Å²) in [4.78, 5) is 46.1. The van der Waals surface area contributed by atoms with E-state index in [0.717, 1.165) is 56.3 Å². The average molecular weight is 943 g/mol. The van der Waals surface area contributed by atoms with Gasteiger partial charge < -0.3 is 35.8 Å². The molecular weight excluding hydrogens is 857 g/mol. The topological polar surface area (TPSA) is 115 Å². The zero-order chi connectivity index (χ0) is 48.6. The minimum Gasteiger partial charge on any atom is -0.497 e. The molecule has 4 N–H and O–H groups in total.